The molecule has 2 heterocycles. The molecular formula is C17H27IN6. The lowest BCUT2D eigenvalue weighted by atomic mass is 10.2. The number of aliphatic imine (C=N–C) groups is 1. The minimum atomic E-state index is 0. The van der Waals surface area contributed by atoms with Crippen molar-refractivity contribution in [3.63, 3.8) is 0 Å². The van der Waals surface area contributed by atoms with Gasteiger partial charge in [0.05, 0.1) is 6.54 Å². The van der Waals surface area contributed by atoms with Gasteiger partial charge in [0, 0.05) is 59.9 Å². The van der Waals surface area contributed by atoms with E-state index in [-0.39, 0.29) is 24.0 Å². The van der Waals surface area contributed by atoms with E-state index in [0.717, 1.165) is 18.3 Å². The van der Waals surface area contributed by atoms with Crippen LogP contribution < -0.4 is 10.2 Å². The monoisotopic (exact) mass is 442 g/mol. The molecule has 2 aromatic rings. The molecule has 0 bridgehead atoms. The normalized spacial score (nSPS) is 11.0. The van der Waals surface area contributed by atoms with Gasteiger partial charge in [0.25, 0.3) is 0 Å². The average Bonchev–Trinajstić information content (AvgIpc) is 2.93. The van der Waals surface area contributed by atoms with Crippen LogP contribution in [0.4, 0.5) is 5.82 Å². The van der Waals surface area contributed by atoms with E-state index in [4.69, 9.17) is 0 Å². The van der Waals surface area contributed by atoms with Gasteiger partial charge in [-0.05, 0) is 29.8 Å². The molecule has 0 aliphatic rings. The van der Waals surface area contributed by atoms with E-state index in [9.17, 15) is 0 Å². The summed E-state index contributed by atoms with van der Waals surface area (Å²) in [4.78, 5) is 12.8. The lowest BCUT2D eigenvalue weighted by Gasteiger charge is -2.22. The first-order chi connectivity index (χ1) is 11.0. The molecule has 0 aliphatic heterocycles. The van der Waals surface area contributed by atoms with Crippen LogP contribution in [0.1, 0.15) is 11.3 Å². The third kappa shape index (κ3) is 5.40. The van der Waals surface area contributed by atoms with Crippen LogP contribution in [0.5, 0.6) is 0 Å². The molecule has 0 amide bonds. The van der Waals surface area contributed by atoms with E-state index >= 15 is 0 Å². The number of nitrogens with zero attached hydrogens (tertiary/aromatic N) is 5. The Morgan fingerprint density at radius 3 is 2.62 bits per heavy atom. The van der Waals surface area contributed by atoms with Crippen molar-refractivity contribution in [3.05, 3.63) is 47.9 Å². The molecule has 0 radical (unpaired) electrons. The van der Waals surface area contributed by atoms with E-state index in [0.29, 0.717) is 6.54 Å². The molecule has 2 aromatic heterocycles. The van der Waals surface area contributed by atoms with Crippen LogP contribution >= 0.6 is 24.0 Å². The molecule has 0 fully saturated rings. The Bertz CT molecular complexity index is 665. The summed E-state index contributed by atoms with van der Waals surface area (Å²) in [7, 11) is 9.89. The van der Waals surface area contributed by atoms with E-state index < -0.39 is 0 Å². The lowest BCUT2D eigenvalue weighted by Crippen LogP contribution is -2.38. The second-order valence-corrected chi connectivity index (χ2v) is 5.78. The smallest absolute Gasteiger partial charge is 0.194 e. The Kier molecular flexibility index (Phi) is 8.03. The van der Waals surface area contributed by atoms with Crippen LogP contribution in [0.2, 0.25) is 0 Å². The Morgan fingerprint density at radius 1 is 1.29 bits per heavy atom. The minimum absolute atomic E-state index is 0. The summed E-state index contributed by atoms with van der Waals surface area (Å²) < 4.78 is 2.12. The lowest BCUT2D eigenvalue weighted by molar-refractivity contribution is 0.461. The third-order valence-corrected chi connectivity index (χ3v) is 3.74. The second-order valence-electron chi connectivity index (χ2n) is 5.78. The van der Waals surface area contributed by atoms with E-state index in [1.54, 1.807) is 0 Å². The Labute approximate surface area is 161 Å². The molecule has 0 spiro atoms. The predicted octanol–water partition coefficient (Wildman–Crippen LogP) is 2.31. The second kappa shape index (κ2) is 9.51. The minimum Gasteiger partial charge on any atom is -0.363 e. The first-order valence-electron chi connectivity index (χ1n) is 7.65. The Hall–Kier alpha value is -1.77. The van der Waals surface area contributed by atoms with Crippen LogP contribution in [0.3, 0.4) is 0 Å². The van der Waals surface area contributed by atoms with E-state index in [1.807, 2.05) is 45.4 Å². The van der Waals surface area contributed by atoms with Crippen molar-refractivity contribution >= 4 is 35.8 Å². The number of pyridine rings is 1. The average molecular weight is 442 g/mol. The van der Waals surface area contributed by atoms with Gasteiger partial charge in [-0.1, -0.05) is 0 Å². The highest BCUT2D eigenvalue weighted by molar-refractivity contribution is 14.0. The number of nitrogens with one attached hydrogen (secondary N) is 1. The number of hydrogen-bond acceptors (Lipinski definition) is 3. The number of aromatic nitrogens is 2. The van der Waals surface area contributed by atoms with Crippen molar-refractivity contribution in [2.24, 2.45) is 12.0 Å². The van der Waals surface area contributed by atoms with Gasteiger partial charge in [-0.25, -0.2) is 4.98 Å². The molecule has 0 saturated heterocycles. The van der Waals surface area contributed by atoms with Gasteiger partial charge >= 0.3 is 0 Å². The number of halogens is 1. The summed E-state index contributed by atoms with van der Waals surface area (Å²) in [6.07, 6.45) is 3.89. The molecule has 0 unspecified atom stereocenters. The molecule has 0 aromatic carbocycles. The maximum Gasteiger partial charge on any atom is 0.194 e. The molecule has 0 saturated carbocycles. The Morgan fingerprint density at radius 2 is 2.04 bits per heavy atom. The zero-order valence-corrected chi connectivity index (χ0v) is 17.4. The fourth-order valence-electron chi connectivity index (χ4n) is 2.36. The summed E-state index contributed by atoms with van der Waals surface area (Å²) in [5.41, 5.74) is 2.42. The maximum absolute atomic E-state index is 4.37. The third-order valence-electron chi connectivity index (χ3n) is 3.74. The fraction of sp³-hybridized carbons (Fsp3) is 0.412. The van der Waals surface area contributed by atoms with E-state index in [1.165, 1.54) is 11.3 Å². The van der Waals surface area contributed by atoms with Gasteiger partial charge < -0.3 is 19.7 Å². The SMILES string of the molecule is CN=C(NCc1ccnc(N(C)C)c1)N(C)Cc1cccn1C.I. The Balaban J connectivity index is 0.00000288. The molecule has 132 valence electrons. The summed E-state index contributed by atoms with van der Waals surface area (Å²) in [5, 5.41) is 3.40. The van der Waals surface area contributed by atoms with Gasteiger partial charge in [0.2, 0.25) is 0 Å². The first kappa shape index (κ1) is 20.3. The molecule has 24 heavy (non-hydrogen) atoms. The van der Waals surface area contributed by atoms with Crippen LogP contribution in [-0.2, 0) is 20.1 Å². The molecule has 0 atom stereocenters. The molecule has 1 N–H and O–H groups in total. The number of guanidine groups is 1. The topological polar surface area (TPSA) is 48.7 Å². The fourth-order valence-corrected chi connectivity index (χ4v) is 2.36. The largest absolute Gasteiger partial charge is 0.363 e. The standard InChI is InChI=1S/C17H26N6.HI/c1-18-17(23(5)13-15-7-6-10-22(15)4)20-12-14-8-9-19-16(11-14)21(2)3;/h6-11H,12-13H2,1-5H3,(H,18,20);1H. The number of rotatable bonds is 5. The zero-order chi connectivity index (χ0) is 16.8. The van der Waals surface area contributed by atoms with Crippen molar-refractivity contribution in [2.45, 2.75) is 13.1 Å². The van der Waals surface area contributed by atoms with Gasteiger partial charge in [0.15, 0.2) is 5.96 Å². The first-order valence-corrected chi connectivity index (χ1v) is 7.65. The molecule has 7 heteroatoms. The number of anilines is 1. The van der Waals surface area contributed by atoms with Gasteiger partial charge in [-0.2, -0.15) is 0 Å². The highest BCUT2D eigenvalue weighted by atomic mass is 127. The van der Waals surface area contributed by atoms with Crippen molar-refractivity contribution in [2.75, 3.05) is 33.1 Å². The van der Waals surface area contributed by atoms with Crippen LogP contribution in [0, 0.1) is 0 Å². The molecule has 6 nitrogen and oxygen atoms in total. The molecular weight excluding hydrogens is 415 g/mol. The van der Waals surface area contributed by atoms with Crippen LogP contribution in [-0.4, -0.2) is 48.6 Å². The highest BCUT2D eigenvalue weighted by Crippen LogP contribution is 2.09. The van der Waals surface area contributed by atoms with Crippen molar-refractivity contribution in [1.82, 2.24) is 19.8 Å². The summed E-state index contributed by atoms with van der Waals surface area (Å²) >= 11 is 0. The van der Waals surface area contributed by atoms with Crippen molar-refractivity contribution in [1.29, 1.82) is 0 Å². The van der Waals surface area contributed by atoms with Gasteiger partial charge in [0.1, 0.15) is 5.82 Å². The number of hydrogen-bond donors (Lipinski definition) is 1. The van der Waals surface area contributed by atoms with Crippen LogP contribution in [0.15, 0.2) is 41.7 Å². The van der Waals surface area contributed by atoms with Crippen molar-refractivity contribution < 1.29 is 0 Å². The van der Waals surface area contributed by atoms with Crippen LogP contribution in [0.25, 0.3) is 0 Å². The maximum atomic E-state index is 4.37. The van der Waals surface area contributed by atoms with E-state index in [2.05, 4.69) is 56.2 Å². The highest BCUT2D eigenvalue weighted by Gasteiger charge is 2.08. The predicted molar refractivity (Wildman–Crippen MR) is 111 cm³/mol. The zero-order valence-electron chi connectivity index (χ0n) is 15.0. The van der Waals surface area contributed by atoms with Gasteiger partial charge in [-0.15, -0.1) is 24.0 Å². The quantitative estimate of drug-likeness (QED) is 0.439. The molecule has 0 aliphatic carbocycles. The molecule has 2 rings (SSSR count). The summed E-state index contributed by atoms with van der Waals surface area (Å²) in [6, 6.07) is 8.27. The summed E-state index contributed by atoms with van der Waals surface area (Å²) in [5.74, 6) is 1.82. The van der Waals surface area contributed by atoms with Crippen molar-refractivity contribution in [3.8, 4) is 0 Å². The summed E-state index contributed by atoms with van der Waals surface area (Å²) in [6.45, 7) is 1.52. The number of aryl methyl sites for hydroxylation is 1. The van der Waals surface area contributed by atoms with Gasteiger partial charge in [-0.3, -0.25) is 4.99 Å².